The van der Waals surface area contributed by atoms with Gasteiger partial charge in [-0.2, -0.15) is 0 Å². The zero-order chi connectivity index (χ0) is 13.3. The predicted molar refractivity (Wildman–Crippen MR) is 67.6 cm³/mol. The molecule has 0 unspecified atom stereocenters. The van der Waals surface area contributed by atoms with Crippen LogP contribution in [0.5, 0.6) is 0 Å². The average molecular weight is 241 g/mol. The fourth-order valence-corrected chi connectivity index (χ4v) is 1.40. The molecule has 0 aromatic rings. The van der Waals surface area contributed by atoms with Crippen LogP contribution < -0.4 is 0 Å². The second-order valence-corrected chi connectivity index (χ2v) is 4.10. The maximum atomic E-state index is 11.8. The first-order valence-electron chi connectivity index (χ1n) is 6.10. The molecular formula is C13H23NO3. The molecule has 0 spiro atoms. The van der Waals surface area contributed by atoms with Gasteiger partial charge in [-0.05, 0) is 27.2 Å². The van der Waals surface area contributed by atoms with E-state index in [2.05, 4.69) is 0 Å². The number of esters is 1. The van der Waals surface area contributed by atoms with Crippen molar-refractivity contribution in [2.45, 2.75) is 40.5 Å². The van der Waals surface area contributed by atoms with Crippen LogP contribution in [0.4, 0.5) is 0 Å². The molecule has 0 fully saturated rings. The van der Waals surface area contributed by atoms with E-state index >= 15 is 0 Å². The first-order valence-corrected chi connectivity index (χ1v) is 6.10. The molecule has 0 atom stereocenters. The second kappa shape index (κ2) is 8.79. The van der Waals surface area contributed by atoms with Gasteiger partial charge >= 0.3 is 5.97 Å². The zero-order valence-corrected chi connectivity index (χ0v) is 11.3. The van der Waals surface area contributed by atoms with E-state index in [0.29, 0.717) is 19.7 Å². The number of carbonyl (C=O) groups excluding carboxylic acids is 2. The molecular weight excluding hydrogens is 218 g/mol. The number of carbonyl (C=O) groups is 2. The molecule has 4 heteroatoms. The SMILES string of the molecule is CCCN(CCC(=O)OCC)C(=O)C=C(C)C. The fourth-order valence-electron chi connectivity index (χ4n) is 1.40. The lowest BCUT2D eigenvalue weighted by Gasteiger charge is -2.20. The predicted octanol–water partition coefficient (Wildman–Crippen LogP) is 2.14. The van der Waals surface area contributed by atoms with Crippen LogP contribution in [-0.2, 0) is 14.3 Å². The number of hydrogen-bond acceptors (Lipinski definition) is 3. The van der Waals surface area contributed by atoms with Crippen LogP contribution in [0.3, 0.4) is 0 Å². The normalized spacial score (nSPS) is 9.65. The van der Waals surface area contributed by atoms with E-state index in [9.17, 15) is 9.59 Å². The first kappa shape index (κ1) is 15.7. The molecule has 0 N–H and O–H groups in total. The van der Waals surface area contributed by atoms with E-state index in [1.165, 1.54) is 0 Å². The molecule has 1 amide bonds. The molecule has 0 rings (SSSR count). The van der Waals surface area contributed by atoms with E-state index in [-0.39, 0.29) is 18.3 Å². The molecule has 17 heavy (non-hydrogen) atoms. The van der Waals surface area contributed by atoms with Gasteiger partial charge in [-0.15, -0.1) is 0 Å². The standard InChI is InChI=1S/C13H23NO3/c1-5-8-14(12(15)10-11(3)4)9-7-13(16)17-6-2/h10H,5-9H2,1-4H3. The van der Waals surface area contributed by atoms with Crippen LogP contribution in [0.1, 0.15) is 40.5 Å². The molecule has 0 bridgehead atoms. The second-order valence-electron chi connectivity index (χ2n) is 4.10. The first-order chi connectivity index (χ1) is 8.01. The molecule has 0 saturated carbocycles. The van der Waals surface area contributed by atoms with Gasteiger partial charge in [0.1, 0.15) is 0 Å². The molecule has 4 nitrogen and oxygen atoms in total. The van der Waals surface area contributed by atoms with Gasteiger partial charge in [-0.25, -0.2) is 0 Å². The maximum Gasteiger partial charge on any atom is 0.307 e. The Kier molecular flexibility index (Phi) is 8.11. The Balaban J connectivity index is 4.28. The topological polar surface area (TPSA) is 46.6 Å². The Bertz CT molecular complexity index is 280. The lowest BCUT2D eigenvalue weighted by molar-refractivity contribution is -0.143. The summed E-state index contributed by atoms with van der Waals surface area (Å²) in [6.45, 7) is 9.02. The Hall–Kier alpha value is -1.32. The van der Waals surface area contributed by atoms with Crippen LogP contribution in [0.2, 0.25) is 0 Å². The van der Waals surface area contributed by atoms with Crippen molar-refractivity contribution < 1.29 is 14.3 Å². The monoisotopic (exact) mass is 241 g/mol. The van der Waals surface area contributed by atoms with Crippen LogP contribution in [0.15, 0.2) is 11.6 Å². The quantitative estimate of drug-likeness (QED) is 0.507. The van der Waals surface area contributed by atoms with Crippen molar-refractivity contribution >= 4 is 11.9 Å². The third-order valence-electron chi connectivity index (χ3n) is 2.11. The van der Waals surface area contributed by atoms with Gasteiger partial charge in [-0.3, -0.25) is 9.59 Å². The number of amides is 1. The molecule has 0 aliphatic heterocycles. The van der Waals surface area contributed by atoms with Crippen molar-refractivity contribution in [3.05, 3.63) is 11.6 Å². The lowest BCUT2D eigenvalue weighted by Crippen LogP contribution is -2.32. The van der Waals surface area contributed by atoms with Gasteiger partial charge in [0.15, 0.2) is 0 Å². The lowest BCUT2D eigenvalue weighted by atomic mass is 10.2. The van der Waals surface area contributed by atoms with Gasteiger partial charge in [0.2, 0.25) is 5.91 Å². The molecule has 0 aromatic heterocycles. The molecule has 98 valence electrons. The Labute approximate surface area is 104 Å². The Morgan fingerprint density at radius 3 is 2.29 bits per heavy atom. The van der Waals surface area contributed by atoms with Gasteiger partial charge in [0.05, 0.1) is 13.0 Å². The molecule has 0 aromatic carbocycles. The summed E-state index contributed by atoms with van der Waals surface area (Å²) in [6, 6.07) is 0. The van der Waals surface area contributed by atoms with E-state index < -0.39 is 0 Å². The molecule has 0 heterocycles. The maximum absolute atomic E-state index is 11.8. The van der Waals surface area contributed by atoms with Crippen LogP contribution in [-0.4, -0.2) is 36.5 Å². The highest BCUT2D eigenvalue weighted by Crippen LogP contribution is 2.00. The highest BCUT2D eigenvalue weighted by Gasteiger charge is 2.12. The van der Waals surface area contributed by atoms with Crippen LogP contribution in [0, 0.1) is 0 Å². The summed E-state index contributed by atoms with van der Waals surface area (Å²) in [5.41, 5.74) is 0.965. The molecule has 0 saturated heterocycles. The fraction of sp³-hybridized carbons (Fsp3) is 0.692. The number of ether oxygens (including phenoxy) is 1. The third-order valence-corrected chi connectivity index (χ3v) is 2.11. The minimum absolute atomic E-state index is 0.0313. The Morgan fingerprint density at radius 1 is 1.18 bits per heavy atom. The summed E-state index contributed by atoms with van der Waals surface area (Å²) >= 11 is 0. The minimum atomic E-state index is -0.251. The number of allylic oxidation sites excluding steroid dienone is 1. The van der Waals surface area contributed by atoms with Gasteiger partial charge in [0, 0.05) is 19.2 Å². The van der Waals surface area contributed by atoms with E-state index in [0.717, 1.165) is 12.0 Å². The van der Waals surface area contributed by atoms with Gasteiger partial charge in [-0.1, -0.05) is 12.5 Å². The summed E-state index contributed by atoms with van der Waals surface area (Å²) in [6.07, 6.45) is 2.74. The van der Waals surface area contributed by atoms with E-state index in [4.69, 9.17) is 4.74 Å². The van der Waals surface area contributed by atoms with Crippen molar-refractivity contribution in [1.82, 2.24) is 4.90 Å². The summed E-state index contributed by atoms with van der Waals surface area (Å²) < 4.78 is 4.84. The molecule has 0 aliphatic rings. The van der Waals surface area contributed by atoms with Gasteiger partial charge in [0.25, 0.3) is 0 Å². The molecule has 0 radical (unpaired) electrons. The van der Waals surface area contributed by atoms with Crippen LogP contribution >= 0.6 is 0 Å². The highest BCUT2D eigenvalue weighted by molar-refractivity contribution is 5.88. The summed E-state index contributed by atoms with van der Waals surface area (Å²) in [4.78, 5) is 24.7. The van der Waals surface area contributed by atoms with Crippen molar-refractivity contribution in [2.75, 3.05) is 19.7 Å². The third kappa shape index (κ3) is 7.55. The smallest absolute Gasteiger partial charge is 0.307 e. The molecule has 0 aliphatic carbocycles. The summed E-state index contributed by atoms with van der Waals surface area (Å²) in [5, 5.41) is 0. The van der Waals surface area contributed by atoms with E-state index in [1.807, 2.05) is 20.8 Å². The summed E-state index contributed by atoms with van der Waals surface area (Å²) in [5.74, 6) is -0.283. The zero-order valence-electron chi connectivity index (χ0n) is 11.3. The van der Waals surface area contributed by atoms with E-state index in [1.54, 1.807) is 17.9 Å². The van der Waals surface area contributed by atoms with Crippen LogP contribution in [0.25, 0.3) is 0 Å². The van der Waals surface area contributed by atoms with Crippen molar-refractivity contribution in [1.29, 1.82) is 0 Å². The highest BCUT2D eigenvalue weighted by atomic mass is 16.5. The number of nitrogens with zero attached hydrogens (tertiary/aromatic N) is 1. The Morgan fingerprint density at radius 2 is 1.82 bits per heavy atom. The van der Waals surface area contributed by atoms with Gasteiger partial charge < -0.3 is 9.64 Å². The average Bonchev–Trinajstić information content (AvgIpc) is 2.23. The van der Waals surface area contributed by atoms with Crippen molar-refractivity contribution in [3.8, 4) is 0 Å². The van der Waals surface area contributed by atoms with Crippen molar-refractivity contribution in [3.63, 3.8) is 0 Å². The summed E-state index contributed by atoms with van der Waals surface area (Å²) in [7, 11) is 0. The minimum Gasteiger partial charge on any atom is -0.466 e. The number of hydrogen-bond donors (Lipinski definition) is 0. The van der Waals surface area contributed by atoms with Crippen molar-refractivity contribution in [2.24, 2.45) is 0 Å². The number of rotatable bonds is 7. The largest absolute Gasteiger partial charge is 0.466 e.